The molecule has 0 aliphatic heterocycles. The van der Waals surface area contributed by atoms with Gasteiger partial charge in [0.2, 0.25) is 19.3 Å². The van der Waals surface area contributed by atoms with Crippen LogP contribution in [0.1, 0.15) is 5.56 Å². The van der Waals surface area contributed by atoms with Crippen LogP contribution in [-0.2, 0) is 14.6 Å². The molecule has 0 unspecified atom stereocenters. The van der Waals surface area contributed by atoms with Gasteiger partial charge in [-0.1, -0.05) is 29.5 Å². The fourth-order valence-corrected chi connectivity index (χ4v) is 3.60. The zero-order chi connectivity index (χ0) is 18.0. The monoisotopic (exact) mass is 373 g/mol. The quantitative estimate of drug-likeness (QED) is 0.409. The molecule has 0 aliphatic carbocycles. The molecule has 2 heterocycles. The van der Waals surface area contributed by atoms with Crippen molar-refractivity contribution in [2.75, 3.05) is 11.6 Å². The topological polar surface area (TPSA) is 129 Å². The van der Waals surface area contributed by atoms with Gasteiger partial charge < -0.3 is 4.98 Å². The molecule has 1 amide bonds. The molecule has 0 saturated carbocycles. The summed E-state index contributed by atoms with van der Waals surface area (Å²) in [6, 6.07) is 9.31. The molecule has 8 nitrogen and oxygen atoms in total. The number of rotatable bonds is 4. The summed E-state index contributed by atoms with van der Waals surface area (Å²) in [5.41, 5.74) is 1.44. The lowest BCUT2D eigenvalue weighted by Crippen LogP contribution is -2.13. The summed E-state index contributed by atoms with van der Waals surface area (Å²) in [5.74, 6) is -0.691. The maximum atomic E-state index is 12.2. The van der Waals surface area contributed by atoms with Crippen LogP contribution in [0.15, 0.2) is 40.4 Å². The molecule has 0 fully saturated rings. The Kier molecular flexibility index (Phi) is 4.35. The molecule has 126 valence electrons. The third kappa shape index (κ3) is 3.57. The molecule has 10 heteroatoms. The number of H-pyrrole nitrogens is 1. The Bertz CT molecular complexity index is 1140. The fourth-order valence-electron chi connectivity index (χ4n) is 2.09. The third-order valence-corrected chi connectivity index (χ3v) is 5.74. The van der Waals surface area contributed by atoms with Gasteiger partial charge in [0.1, 0.15) is 11.6 Å². The standard InChI is InChI=1S/C15H11N5O3S2/c1-25(22,23)15-20-19-14(24-15)18-13(21)9(7-16)6-10-8-17-12-5-3-2-4-11(10)12/h2-6,8,17H,1H3,(H,18,19,21)/b9-6-. The van der Waals surface area contributed by atoms with E-state index in [-0.39, 0.29) is 15.0 Å². The zero-order valence-electron chi connectivity index (χ0n) is 12.8. The number of nitriles is 1. The molecule has 0 bridgehead atoms. The van der Waals surface area contributed by atoms with E-state index in [1.807, 2.05) is 30.3 Å². The van der Waals surface area contributed by atoms with E-state index in [1.54, 1.807) is 6.20 Å². The highest BCUT2D eigenvalue weighted by Crippen LogP contribution is 2.22. The van der Waals surface area contributed by atoms with Gasteiger partial charge in [-0.25, -0.2) is 8.42 Å². The molecule has 1 aromatic carbocycles. The summed E-state index contributed by atoms with van der Waals surface area (Å²) < 4.78 is 22.6. The van der Waals surface area contributed by atoms with Gasteiger partial charge in [0.05, 0.1) is 0 Å². The maximum Gasteiger partial charge on any atom is 0.268 e. The van der Waals surface area contributed by atoms with Crippen LogP contribution < -0.4 is 5.32 Å². The van der Waals surface area contributed by atoms with Crippen molar-refractivity contribution in [2.24, 2.45) is 0 Å². The number of hydrogen-bond donors (Lipinski definition) is 2. The number of sulfone groups is 1. The number of nitrogens with one attached hydrogen (secondary N) is 2. The van der Waals surface area contributed by atoms with Crippen LogP contribution in [0.5, 0.6) is 0 Å². The second kappa shape index (κ2) is 6.46. The largest absolute Gasteiger partial charge is 0.361 e. The van der Waals surface area contributed by atoms with Crippen molar-refractivity contribution in [3.63, 3.8) is 0 Å². The highest BCUT2D eigenvalue weighted by atomic mass is 32.2. The summed E-state index contributed by atoms with van der Waals surface area (Å²) in [5, 5.41) is 19.6. The van der Waals surface area contributed by atoms with Crippen molar-refractivity contribution in [1.29, 1.82) is 5.26 Å². The first-order chi connectivity index (χ1) is 11.9. The maximum absolute atomic E-state index is 12.2. The summed E-state index contributed by atoms with van der Waals surface area (Å²) in [7, 11) is -3.50. The molecule has 3 aromatic rings. The van der Waals surface area contributed by atoms with Crippen molar-refractivity contribution in [3.05, 3.63) is 41.6 Å². The Morgan fingerprint density at radius 2 is 2.12 bits per heavy atom. The van der Waals surface area contributed by atoms with Crippen LogP contribution in [0.4, 0.5) is 5.13 Å². The van der Waals surface area contributed by atoms with Gasteiger partial charge in [0.15, 0.2) is 0 Å². The van der Waals surface area contributed by atoms with Crippen LogP contribution in [0.25, 0.3) is 17.0 Å². The lowest BCUT2D eigenvalue weighted by molar-refractivity contribution is -0.112. The molecule has 25 heavy (non-hydrogen) atoms. The minimum atomic E-state index is -3.50. The van der Waals surface area contributed by atoms with Crippen LogP contribution in [-0.4, -0.2) is 35.8 Å². The van der Waals surface area contributed by atoms with E-state index >= 15 is 0 Å². The van der Waals surface area contributed by atoms with E-state index in [1.165, 1.54) is 6.08 Å². The third-order valence-electron chi connectivity index (χ3n) is 3.23. The number of hydrogen-bond acceptors (Lipinski definition) is 7. The van der Waals surface area contributed by atoms with Crippen molar-refractivity contribution in [3.8, 4) is 6.07 Å². The first kappa shape index (κ1) is 16.8. The van der Waals surface area contributed by atoms with Crippen molar-refractivity contribution in [2.45, 2.75) is 4.34 Å². The number of carbonyl (C=O) groups excluding carboxylic acids is 1. The molecule has 3 rings (SSSR count). The minimum absolute atomic E-state index is 0.00509. The summed E-state index contributed by atoms with van der Waals surface area (Å²) in [6.07, 6.45) is 4.14. The molecule has 0 radical (unpaired) electrons. The predicted molar refractivity (Wildman–Crippen MR) is 93.5 cm³/mol. The number of nitrogens with zero attached hydrogens (tertiary/aromatic N) is 3. The average molecular weight is 373 g/mol. The molecule has 2 aromatic heterocycles. The van der Waals surface area contributed by atoms with E-state index in [2.05, 4.69) is 20.5 Å². The number of carbonyl (C=O) groups is 1. The summed E-state index contributed by atoms with van der Waals surface area (Å²) in [4.78, 5) is 15.3. The second-order valence-corrected chi connectivity index (χ2v) is 8.23. The SMILES string of the molecule is CS(=O)(=O)c1nnc(NC(=O)/C(C#N)=C\c2c[nH]c3ccccc23)s1. The van der Waals surface area contributed by atoms with E-state index in [9.17, 15) is 18.5 Å². The van der Waals surface area contributed by atoms with Gasteiger partial charge in [-0.2, -0.15) is 5.26 Å². The Hall–Kier alpha value is -3.03. The number of aromatic nitrogens is 3. The first-order valence-corrected chi connectivity index (χ1v) is 9.62. The molecule has 0 spiro atoms. The van der Waals surface area contributed by atoms with Gasteiger partial charge in [-0.15, -0.1) is 10.2 Å². The number of aromatic amines is 1. The zero-order valence-corrected chi connectivity index (χ0v) is 14.5. The van der Waals surface area contributed by atoms with Crippen molar-refractivity contribution >= 4 is 49.2 Å². The molecule has 0 atom stereocenters. The summed E-state index contributed by atoms with van der Waals surface area (Å²) >= 11 is 0.722. The Morgan fingerprint density at radius 1 is 1.36 bits per heavy atom. The lowest BCUT2D eigenvalue weighted by Gasteiger charge is -1.99. The van der Waals surface area contributed by atoms with Gasteiger partial charge in [-0.3, -0.25) is 10.1 Å². The van der Waals surface area contributed by atoms with E-state index in [0.29, 0.717) is 5.56 Å². The van der Waals surface area contributed by atoms with Gasteiger partial charge in [0, 0.05) is 28.9 Å². The van der Waals surface area contributed by atoms with Crippen LogP contribution in [0.3, 0.4) is 0 Å². The average Bonchev–Trinajstić information content (AvgIpc) is 3.19. The molecule has 0 saturated heterocycles. The van der Waals surface area contributed by atoms with Crippen molar-refractivity contribution < 1.29 is 13.2 Å². The van der Waals surface area contributed by atoms with Crippen LogP contribution >= 0.6 is 11.3 Å². The Morgan fingerprint density at radius 3 is 2.80 bits per heavy atom. The predicted octanol–water partition coefficient (Wildman–Crippen LogP) is 1.97. The first-order valence-electron chi connectivity index (χ1n) is 6.91. The molecular formula is C15H11N5O3S2. The van der Waals surface area contributed by atoms with Crippen LogP contribution in [0.2, 0.25) is 0 Å². The summed E-state index contributed by atoms with van der Waals surface area (Å²) in [6.45, 7) is 0. The normalized spacial score (nSPS) is 12.1. The van der Waals surface area contributed by atoms with Crippen LogP contribution in [0, 0.1) is 11.3 Å². The number of amides is 1. The Labute approximate surface area is 146 Å². The highest BCUT2D eigenvalue weighted by Gasteiger charge is 2.17. The van der Waals surface area contributed by atoms with E-state index in [0.717, 1.165) is 28.5 Å². The molecule has 2 N–H and O–H groups in total. The van der Waals surface area contributed by atoms with Crippen molar-refractivity contribution in [1.82, 2.24) is 15.2 Å². The Balaban J connectivity index is 1.87. The smallest absolute Gasteiger partial charge is 0.268 e. The minimum Gasteiger partial charge on any atom is -0.361 e. The second-order valence-electron chi connectivity index (χ2n) is 5.06. The van der Waals surface area contributed by atoms with E-state index in [4.69, 9.17) is 0 Å². The number of benzene rings is 1. The van der Waals surface area contributed by atoms with E-state index < -0.39 is 15.7 Å². The number of fused-ring (bicyclic) bond motifs is 1. The highest BCUT2D eigenvalue weighted by molar-refractivity contribution is 7.92. The van der Waals surface area contributed by atoms with Gasteiger partial charge in [0.25, 0.3) is 5.91 Å². The van der Waals surface area contributed by atoms with Gasteiger partial charge >= 0.3 is 0 Å². The lowest BCUT2D eigenvalue weighted by atomic mass is 10.1. The van der Waals surface area contributed by atoms with Gasteiger partial charge in [-0.05, 0) is 12.1 Å². The number of anilines is 1. The fraction of sp³-hybridized carbons (Fsp3) is 0.0667. The number of para-hydroxylation sites is 1. The molecular weight excluding hydrogens is 362 g/mol. The molecule has 0 aliphatic rings.